The first kappa shape index (κ1) is 9.92. The number of nitrogens with two attached hydrogens (primary N) is 1. The minimum atomic E-state index is -0.129. The van der Waals surface area contributed by atoms with Gasteiger partial charge in [0, 0.05) is 18.0 Å². The van der Waals surface area contributed by atoms with Gasteiger partial charge in [0.05, 0.1) is 12.8 Å². The number of hydrogen-bond donors (Lipinski definition) is 1. The molecule has 2 N–H and O–H groups in total. The standard InChI is InChI=1S/C9H15N3O/c1-9(2,5-10)7-4-8(13-3)12-6-11-7/h4,6H,5,10H2,1-3H3. The van der Waals surface area contributed by atoms with Gasteiger partial charge in [-0.25, -0.2) is 9.97 Å². The topological polar surface area (TPSA) is 61.0 Å². The average molecular weight is 181 g/mol. The molecule has 4 heteroatoms. The Morgan fingerprint density at radius 3 is 2.69 bits per heavy atom. The fourth-order valence-corrected chi connectivity index (χ4v) is 0.926. The molecule has 0 saturated carbocycles. The molecule has 1 heterocycles. The van der Waals surface area contributed by atoms with E-state index in [9.17, 15) is 0 Å². The molecule has 0 aliphatic heterocycles. The molecule has 13 heavy (non-hydrogen) atoms. The van der Waals surface area contributed by atoms with Crippen LogP contribution in [-0.4, -0.2) is 23.6 Å². The minimum absolute atomic E-state index is 0.129. The first-order chi connectivity index (χ1) is 6.10. The second-order valence-corrected chi connectivity index (χ2v) is 3.53. The number of hydrogen-bond acceptors (Lipinski definition) is 4. The van der Waals surface area contributed by atoms with Crippen LogP contribution in [-0.2, 0) is 5.41 Å². The lowest BCUT2D eigenvalue weighted by molar-refractivity contribution is 0.392. The fourth-order valence-electron chi connectivity index (χ4n) is 0.926. The molecule has 0 fully saturated rings. The predicted molar refractivity (Wildman–Crippen MR) is 50.7 cm³/mol. The number of aromatic nitrogens is 2. The number of rotatable bonds is 3. The molecule has 0 bridgehead atoms. The van der Waals surface area contributed by atoms with E-state index in [0.717, 1.165) is 5.69 Å². The van der Waals surface area contributed by atoms with Crippen molar-refractivity contribution >= 4 is 0 Å². The second kappa shape index (κ2) is 3.70. The SMILES string of the molecule is COc1cc(C(C)(C)CN)ncn1. The molecule has 0 aliphatic carbocycles. The maximum Gasteiger partial charge on any atom is 0.216 e. The summed E-state index contributed by atoms with van der Waals surface area (Å²) >= 11 is 0. The zero-order valence-electron chi connectivity index (χ0n) is 8.24. The van der Waals surface area contributed by atoms with Gasteiger partial charge in [0.1, 0.15) is 6.33 Å². The molecule has 0 atom stereocenters. The third-order valence-corrected chi connectivity index (χ3v) is 2.05. The number of ether oxygens (including phenoxy) is 1. The van der Waals surface area contributed by atoms with E-state index in [1.54, 1.807) is 7.11 Å². The average Bonchev–Trinajstić information content (AvgIpc) is 2.18. The van der Waals surface area contributed by atoms with Crippen molar-refractivity contribution in [2.75, 3.05) is 13.7 Å². The Morgan fingerprint density at radius 1 is 1.46 bits per heavy atom. The lowest BCUT2D eigenvalue weighted by atomic mass is 9.89. The van der Waals surface area contributed by atoms with Crippen LogP contribution in [0.1, 0.15) is 19.5 Å². The molecule has 4 nitrogen and oxygen atoms in total. The summed E-state index contributed by atoms with van der Waals surface area (Å²) in [6.07, 6.45) is 1.49. The molecule has 1 aromatic heterocycles. The van der Waals surface area contributed by atoms with Crippen LogP contribution in [0.15, 0.2) is 12.4 Å². The van der Waals surface area contributed by atoms with Gasteiger partial charge in [-0.3, -0.25) is 0 Å². The highest BCUT2D eigenvalue weighted by Gasteiger charge is 2.20. The molecule has 0 saturated heterocycles. The first-order valence-corrected chi connectivity index (χ1v) is 4.17. The van der Waals surface area contributed by atoms with Gasteiger partial charge < -0.3 is 10.5 Å². The summed E-state index contributed by atoms with van der Waals surface area (Å²) < 4.78 is 5.00. The lowest BCUT2D eigenvalue weighted by Crippen LogP contribution is -2.29. The van der Waals surface area contributed by atoms with Gasteiger partial charge in [-0.15, -0.1) is 0 Å². The molecule has 0 unspecified atom stereocenters. The van der Waals surface area contributed by atoms with Crippen LogP contribution in [0.25, 0.3) is 0 Å². The molecular formula is C9H15N3O. The highest BCUT2D eigenvalue weighted by atomic mass is 16.5. The quantitative estimate of drug-likeness (QED) is 0.746. The number of methoxy groups -OCH3 is 1. The molecule has 72 valence electrons. The smallest absolute Gasteiger partial charge is 0.216 e. The Balaban J connectivity index is 3.01. The Hall–Kier alpha value is -1.16. The number of nitrogens with zero attached hydrogens (tertiary/aromatic N) is 2. The zero-order chi connectivity index (χ0) is 9.90. The molecule has 0 spiro atoms. The summed E-state index contributed by atoms with van der Waals surface area (Å²) in [7, 11) is 1.58. The molecule has 0 aromatic carbocycles. The van der Waals surface area contributed by atoms with Gasteiger partial charge >= 0.3 is 0 Å². The van der Waals surface area contributed by atoms with E-state index in [0.29, 0.717) is 12.4 Å². The molecule has 0 radical (unpaired) electrons. The second-order valence-electron chi connectivity index (χ2n) is 3.53. The molecule has 1 aromatic rings. The molecule has 1 rings (SSSR count). The van der Waals surface area contributed by atoms with Gasteiger partial charge in [-0.1, -0.05) is 13.8 Å². The van der Waals surface area contributed by atoms with Crippen molar-refractivity contribution in [1.82, 2.24) is 9.97 Å². The van der Waals surface area contributed by atoms with E-state index in [4.69, 9.17) is 10.5 Å². The summed E-state index contributed by atoms with van der Waals surface area (Å²) in [5.74, 6) is 0.575. The van der Waals surface area contributed by atoms with Gasteiger partial charge in [-0.2, -0.15) is 0 Å². The minimum Gasteiger partial charge on any atom is -0.481 e. The van der Waals surface area contributed by atoms with Crippen LogP contribution in [0, 0.1) is 0 Å². The van der Waals surface area contributed by atoms with Crippen molar-refractivity contribution in [3.8, 4) is 5.88 Å². The highest BCUT2D eigenvalue weighted by Crippen LogP contribution is 2.21. The van der Waals surface area contributed by atoms with Crippen molar-refractivity contribution in [2.24, 2.45) is 5.73 Å². The summed E-state index contributed by atoms with van der Waals surface area (Å²) in [5.41, 5.74) is 6.40. The van der Waals surface area contributed by atoms with Crippen LogP contribution in [0.5, 0.6) is 5.88 Å². The van der Waals surface area contributed by atoms with Gasteiger partial charge in [0.25, 0.3) is 0 Å². The van der Waals surface area contributed by atoms with Crippen molar-refractivity contribution in [1.29, 1.82) is 0 Å². The maximum atomic E-state index is 5.63. The van der Waals surface area contributed by atoms with E-state index in [1.807, 2.05) is 19.9 Å². The van der Waals surface area contributed by atoms with Crippen molar-refractivity contribution in [3.63, 3.8) is 0 Å². The fraction of sp³-hybridized carbons (Fsp3) is 0.556. The third-order valence-electron chi connectivity index (χ3n) is 2.05. The summed E-state index contributed by atoms with van der Waals surface area (Å²) in [6.45, 7) is 4.62. The maximum absolute atomic E-state index is 5.63. The van der Waals surface area contributed by atoms with E-state index in [-0.39, 0.29) is 5.41 Å². The Morgan fingerprint density at radius 2 is 2.15 bits per heavy atom. The van der Waals surface area contributed by atoms with Gasteiger partial charge in [0.2, 0.25) is 5.88 Å². The van der Waals surface area contributed by atoms with E-state index >= 15 is 0 Å². The highest BCUT2D eigenvalue weighted by molar-refractivity contribution is 5.20. The zero-order valence-corrected chi connectivity index (χ0v) is 8.24. The Labute approximate surface area is 78.1 Å². The Kier molecular flexibility index (Phi) is 2.83. The first-order valence-electron chi connectivity index (χ1n) is 4.17. The van der Waals surface area contributed by atoms with Crippen LogP contribution in [0.4, 0.5) is 0 Å². The van der Waals surface area contributed by atoms with Crippen LogP contribution < -0.4 is 10.5 Å². The van der Waals surface area contributed by atoms with Crippen molar-refractivity contribution in [3.05, 3.63) is 18.1 Å². The summed E-state index contributed by atoms with van der Waals surface area (Å²) in [6, 6.07) is 1.81. The monoisotopic (exact) mass is 181 g/mol. The van der Waals surface area contributed by atoms with Crippen LogP contribution in [0.3, 0.4) is 0 Å². The van der Waals surface area contributed by atoms with E-state index in [2.05, 4.69) is 9.97 Å². The Bertz CT molecular complexity index is 286. The normalized spacial score (nSPS) is 11.4. The van der Waals surface area contributed by atoms with Crippen LogP contribution >= 0.6 is 0 Å². The van der Waals surface area contributed by atoms with Crippen molar-refractivity contribution in [2.45, 2.75) is 19.3 Å². The van der Waals surface area contributed by atoms with Gasteiger partial charge in [0.15, 0.2) is 0 Å². The summed E-state index contributed by atoms with van der Waals surface area (Å²) in [4.78, 5) is 8.09. The van der Waals surface area contributed by atoms with Crippen LogP contribution in [0.2, 0.25) is 0 Å². The molecule has 0 amide bonds. The van der Waals surface area contributed by atoms with Crippen molar-refractivity contribution < 1.29 is 4.74 Å². The summed E-state index contributed by atoms with van der Waals surface area (Å²) in [5, 5.41) is 0. The molecular weight excluding hydrogens is 166 g/mol. The predicted octanol–water partition coefficient (Wildman–Crippen LogP) is 0.722. The largest absolute Gasteiger partial charge is 0.481 e. The van der Waals surface area contributed by atoms with E-state index in [1.165, 1.54) is 6.33 Å². The van der Waals surface area contributed by atoms with E-state index < -0.39 is 0 Å². The lowest BCUT2D eigenvalue weighted by Gasteiger charge is -2.21. The molecule has 0 aliphatic rings. The van der Waals surface area contributed by atoms with Gasteiger partial charge in [-0.05, 0) is 0 Å². The third kappa shape index (κ3) is 2.15.